The zero-order chi connectivity index (χ0) is 26.4. The van der Waals surface area contributed by atoms with Gasteiger partial charge in [-0.1, -0.05) is 30.3 Å². The quantitative estimate of drug-likeness (QED) is 0.301. The van der Waals surface area contributed by atoms with Gasteiger partial charge in [-0.05, 0) is 47.5 Å². The van der Waals surface area contributed by atoms with E-state index in [0.29, 0.717) is 52.4 Å². The van der Waals surface area contributed by atoms with E-state index in [1.807, 2.05) is 0 Å². The second-order valence-electron chi connectivity index (χ2n) is 8.12. The summed E-state index contributed by atoms with van der Waals surface area (Å²) in [5.41, 5.74) is 9.15. The van der Waals surface area contributed by atoms with Crippen molar-refractivity contribution in [2.24, 2.45) is 0 Å². The average Bonchev–Trinajstić information content (AvgIpc) is 2.90. The zero-order valence-corrected chi connectivity index (χ0v) is 19.4. The lowest BCUT2D eigenvalue weighted by atomic mass is 10.0. The van der Waals surface area contributed by atoms with Crippen LogP contribution in [0.25, 0.3) is 11.3 Å². The summed E-state index contributed by atoms with van der Waals surface area (Å²) in [7, 11) is 0. The number of amides is 1. The Bertz CT molecular complexity index is 1450. The van der Waals surface area contributed by atoms with E-state index in [0.717, 1.165) is 11.6 Å². The number of aromatic nitrogens is 2. The lowest BCUT2D eigenvalue weighted by molar-refractivity contribution is -0.141. The molecule has 0 unspecified atom stereocenters. The van der Waals surface area contributed by atoms with Gasteiger partial charge in [0.2, 0.25) is 0 Å². The number of hydrogen-bond donors (Lipinski definition) is 3. The number of nitrogens with zero attached hydrogens (tertiary/aromatic N) is 3. The molecule has 0 fully saturated rings. The van der Waals surface area contributed by atoms with Crippen LogP contribution in [0.3, 0.4) is 0 Å². The van der Waals surface area contributed by atoms with E-state index in [-0.39, 0.29) is 5.91 Å². The van der Waals surface area contributed by atoms with Crippen molar-refractivity contribution in [2.45, 2.75) is 19.3 Å². The van der Waals surface area contributed by atoms with Gasteiger partial charge < -0.3 is 16.4 Å². The number of benzene rings is 2. The Labute approximate surface area is 210 Å². The molecule has 0 aliphatic rings. The number of nitrogens with one attached hydrogen (secondary N) is 2. The summed E-state index contributed by atoms with van der Waals surface area (Å²) in [6.07, 6.45) is -1.68. The van der Waals surface area contributed by atoms with Crippen molar-refractivity contribution in [3.05, 3.63) is 107 Å². The van der Waals surface area contributed by atoms with Crippen molar-refractivity contribution in [3.63, 3.8) is 0 Å². The molecule has 0 saturated heterocycles. The van der Waals surface area contributed by atoms with Gasteiger partial charge in [0.25, 0.3) is 5.91 Å². The first-order valence-corrected chi connectivity index (χ1v) is 11.1. The van der Waals surface area contributed by atoms with Crippen LogP contribution in [0.4, 0.5) is 24.5 Å². The molecule has 0 radical (unpaired) electrons. The highest BCUT2D eigenvalue weighted by Crippen LogP contribution is 2.27. The maximum absolute atomic E-state index is 12.6. The first kappa shape index (κ1) is 25.3. The Morgan fingerprint density at radius 3 is 2.30 bits per heavy atom. The minimum Gasteiger partial charge on any atom is -0.397 e. The van der Waals surface area contributed by atoms with Gasteiger partial charge in [-0.25, -0.2) is 0 Å². The largest absolute Gasteiger partial charge is 0.433 e. The van der Waals surface area contributed by atoms with E-state index < -0.39 is 11.9 Å². The van der Waals surface area contributed by atoms with Gasteiger partial charge in [0.15, 0.2) is 0 Å². The number of rotatable bonds is 7. The number of nitriles is 1. The Morgan fingerprint density at radius 2 is 1.65 bits per heavy atom. The smallest absolute Gasteiger partial charge is 0.397 e. The van der Waals surface area contributed by atoms with E-state index in [9.17, 15) is 23.2 Å². The number of pyridine rings is 2. The highest BCUT2D eigenvalue weighted by atomic mass is 19.4. The van der Waals surface area contributed by atoms with Crippen LogP contribution < -0.4 is 16.4 Å². The summed E-state index contributed by atoms with van der Waals surface area (Å²) >= 11 is 0. The molecule has 7 nitrogen and oxygen atoms in total. The Balaban J connectivity index is 1.40. The Kier molecular flexibility index (Phi) is 7.46. The topological polar surface area (TPSA) is 117 Å². The molecule has 0 atom stereocenters. The van der Waals surface area contributed by atoms with E-state index in [1.165, 1.54) is 12.3 Å². The van der Waals surface area contributed by atoms with E-state index in [4.69, 9.17) is 5.73 Å². The fourth-order valence-electron chi connectivity index (χ4n) is 3.55. The van der Waals surface area contributed by atoms with Crippen LogP contribution in [0, 0.1) is 11.3 Å². The Morgan fingerprint density at radius 1 is 0.946 bits per heavy atom. The third-order valence-electron chi connectivity index (χ3n) is 5.47. The van der Waals surface area contributed by atoms with Gasteiger partial charge in [-0.15, -0.1) is 0 Å². The predicted octanol–water partition coefficient (Wildman–Crippen LogP) is 5.16. The standard InChI is InChI=1S/C27H21F3N6O/c28-27(29,30)24-10-5-17(15-34-24)13-33-14-18-11-21(12-31)25(35-16-18)19-6-8-20(9-7-19)26(37)36-23-4-2-1-3-22(23)32/h1-11,15-16,33H,13-14,32H2,(H,36,37). The van der Waals surface area contributed by atoms with Gasteiger partial charge in [0.05, 0.1) is 22.6 Å². The fraction of sp³-hybridized carbons (Fsp3) is 0.111. The number of hydrogen-bond acceptors (Lipinski definition) is 6. The molecule has 0 aliphatic heterocycles. The van der Waals surface area contributed by atoms with Gasteiger partial charge >= 0.3 is 6.18 Å². The van der Waals surface area contributed by atoms with Crippen LogP contribution in [0.15, 0.2) is 79.1 Å². The molecule has 186 valence electrons. The van der Waals surface area contributed by atoms with Crippen molar-refractivity contribution < 1.29 is 18.0 Å². The minimum atomic E-state index is -4.48. The molecule has 37 heavy (non-hydrogen) atoms. The van der Waals surface area contributed by atoms with E-state index >= 15 is 0 Å². The molecule has 0 aliphatic carbocycles. The minimum absolute atomic E-state index is 0.299. The number of nitrogens with two attached hydrogens (primary N) is 1. The molecule has 0 bridgehead atoms. The lowest BCUT2D eigenvalue weighted by Crippen LogP contribution is -2.14. The normalized spacial score (nSPS) is 11.1. The second-order valence-corrected chi connectivity index (χ2v) is 8.12. The molecule has 2 aromatic carbocycles. The van der Waals surface area contributed by atoms with Gasteiger partial charge in [0, 0.05) is 36.6 Å². The maximum Gasteiger partial charge on any atom is 0.433 e. The number of para-hydroxylation sites is 2. The number of carbonyl (C=O) groups excluding carboxylic acids is 1. The molecular weight excluding hydrogens is 481 g/mol. The number of anilines is 2. The monoisotopic (exact) mass is 502 g/mol. The summed E-state index contributed by atoms with van der Waals surface area (Å²) in [6.45, 7) is 0.650. The zero-order valence-electron chi connectivity index (χ0n) is 19.4. The third kappa shape index (κ3) is 6.28. The summed E-state index contributed by atoms with van der Waals surface area (Å²) in [5.74, 6) is -0.317. The number of nitrogen functional groups attached to an aromatic ring is 1. The second kappa shape index (κ2) is 10.9. The number of carbonyl (C=O) groups is 1. The van der Waals surface area contributed by atoms with E-state index in [1.54, 1.807) is 60.8 Å². The molecule has 2 heterocycles. The van der Waals surface area contributed by atoms with Crippen LogP contribution in [0.5, 0.6) is 0 Å². The molecule has 4 N–H and O–H groups in total. The average molecular weight is 503 g/mol. The summed E-state index contributed by atoms with van der Waals surface area (Å²) in [6, 6.07) is 19.8. The molecule has 4 rings (SSSR count). The van der Waals surface area contributed by atoms with Crippen LogP contribution in [-0.4, -0.2) is 15.9 Å². The van der Waals surface area contributed by atoms with Crippen molar-refractivity contribution >= 4 is 17.3 Å². The first-order valence-electron chi connectivity index (χ1n) is 11.1. The lowest BCUT2D eigenvalue weighted by Gasteiger charge is -2.10. The fourth-order valence-corrected chi connectivity index (χ4v) is 3.55. The molecule has 10 heteroatoms. The molecule has 0 saturated carbocycles. The number of alkyl halides is 3. The van der Waals surface area contributed by atoms with Crippen molar-refractivity contribution in [2.75, 3.05) is 11.1 Å². The van der Waals surface area contributed by atoms with Gasteiger partial charge in [0.1, 0.15) is 11.8 Å². The van der Waals surface area contributed by atoms with Crippen LogP contribution in [0.2, 0.25) is 0 Å². The number of halogens is 3. The van der Waals surface area contributed by atoms with Gasteiger partial charge in [-0.3, -0.25) is 14.8 Å². The van der Waals surface area contributed by atoms with E-state index in [2.05, 4.69) is 26.7 Å². The molecule has 4 aromatic rings. The highest BCUT2D eigenvalue weighted by Gasteiger charge is 2.31. The Hall–Kier alpha value is -4.75. The van der Waals surface area contributed by atoms with Crippen LogP contribution in [-0.2, 0) is 19.3 Å². The summed E-state index contributed by atoms with van der Waals surface area (Å²) in [5, 5.41) is 15.5. The summed E-state index contributed by atoms with van der Waals surface area (Å²) in [4.78, 5) is 20.4. The molecule has 0 spiro atoms. The predicted molar refractivity (Wildman–Crippen MR) is 133 cm³/mol. The van der Waals surface area contributed by atoms with Crippen molar-refractivity contribution in [1.82, 2.24) is 15.3 Å². The highest BCUT2D eigenvalue weighted by molar-refractivity contribution is 6.05. The maximum atomic E-state index is 12.6. The van der Waals surface area contributed by atoms with Gasteiger partial charge in [-0.2, -0.15) is 18.4 Å². The SMILES string of the molecule is N#Cc1cc(CNCc2ccc(C(F)(F)F)nc2)cnc1-c1ccc(C(=O)Nc2ccccc2N)cc1. The molecule has 1 amide bonds. The van der Waals surface area contributed by atoms with Crippen molar-refractivity contribution in [3.8, 4) is 17.3 Å². The third-order valence-corrected chi connectivity index (χ3v) is 5.47. The van der Waals surface area contributed by atoms with Crippen molar-refractivity contribution in [1.29, 1.82) is 5.26 Å². The van der Waals surface area contributed by atoms with Crippen LogP contribution >= 0.6 is 0 Å². The molecular formula is C27H21F3N6O. The summed E-state index contributed by atoms with van der Waals surface area (Å²) < 4.78 is 37.9. The molecule has 2 aromatic heterocycles. The van der Waals surface area contributed by atoms with Crippen LogP contribution in [0.1, 0.15) is 32.7 Å². The first-order chi connectivity index (χ1) is 17.7.